The number of benzene rings is 1. The minimum absolute atomic E-state index is 0. The molecule has 1 fully saturated rings. The van der Waals surface area contributed by atoms with Gasteiger partial charge in [0.15, 0.2) is 11.8 Å². The zero-order valence-corrected chi connectivity index (χ0v) is 20.8. The molecule has 170 valence electrons. The summed E-state index contributed by atoms with van der Waals surface area (Å²) in [6, 6.07) is 7.68. The molecular formula is C20H30IN7O3. The maximum Gasteiger partial charge on any atom is 0.410 e. The number of rotatable bonds is 5. The van der Waals surface area contributed by atoms with E-state index < -0.39 is 5.60 Å². The van der Waals surface area contributed by atoms with Crippen molar-refractivity contribution in [1.29, 1.82) is 0 Å². The van der Waals surface area contributed by atoms with Crippen LogP contribution in [-0.4, -0.2) is 71.0 Å². The van der Waals surface area contributed by atoms with E-state index in [-0.39, 0.29) is 36.1 Å². The molecule has 0 saturated carbocycles. The van der Waals surface area contributed by atoms with Crippen LogP contribution in [0, 0.1) is 0 Å². The molecule has 1 aliphatic heterocycles. The molecule has 0 atom stereocenters. The van der Waals surface area contributed by atoms with Gasteiger partial charge in [0.05, 0.1) is 19.7 Å². The molecule has 0 bridgehead atoms. The molecule has 10 nitrogen and oxygen atoms in total. The highest BCUT2D eigenvalue weighted by Gasteiger charge is 2.34. The second-order valence-electron chi connectivity index (χ2n) is 7.99. The lowest BCUT2D eigenvalue weighted by atomic mass is 10.1. The monoisotopic (exact) mass is 543 g/mol. The molecular weight excluding hydrogens is 513 g/mol. The van der Waals surface area contributed by atoms with E-state index >= 15 is 0 Å². The highest BCUT2D eigenvalue weighted by Crippen LogP contribution is 2.19. The Morgan fingerprint density at radius 3 is 2.55 bits per heavy atom. The van der Waals surface area contributed by atoms with Gasteiger partial charge in [-0.3, -0.25) is 10.1 Å². The number of hydrogen-bond acceptors (Lipinski definition) is 6. The number of guanidine groups is 1. The molecule has 2 aromatic rings. The van der Waals surface area contributed by atoms with Crippen molar-refractivity contribution < 1.29 is 14.3 Å². The molecule has 0 radical (unpaired) electrons. The molecule has 1 aromatic carbocycles. The number of aliphatic imine (C=N–C) groups is 1. The van der Waals surface area contributed by atoms with Gasteiger partial charge >= 0.3 is 6.09 Å². The van der Waals surface area contributed by atoms with E-state index in [2.05, 4.69) is 30.8 Å². The van der Waals surface area contributed by atoms with Crippen molar-refractivity contribution in [3.63, 3.8) is 0 Å². The van der Waals surface area contributed by atoms with Crippen LogP contribution in [0.2, 0.25) is 0 Å². The summed E-state index contributed by atoms with van der Waals surface area (Å²) in [7, 11) is 3.33. The summed E-state index contributed by atoms with van der Waals surface area (Å²) < 4.78 is 10.5. The standard InChI is InChI=1S/C20H29N7O3.HI/c1-20(2,3)30-19(28)27-11-14(12-27)23-18(21-4)22-10-16-24-17(26-25-16)13-6-8-15(29-5)9-7-13;/h6-9,14H,10-12H2,1-5H3,(H2,21,22,23)(H,24,25,26);1H. The number of methoxy groups -OCH3 is 1. The predicted molar refractivity (Wildman–Crippen MR) is 129 cm³/mol. The van der Waals surface area contributed by atoms with Crippen LogP contribution >= 0.6 is 24.0 Å². The Hall–Kier alpha value is -2.57. The number of ether oxygens (including phenoxy) is 2. The fourth-order valence-electron chi connectivity index (χ4n) is 2.84. The van der Waals surface area contributed by atoms with Crippen molar-refractivity contribution >= 4 is 36.0 Å². The van der Waals surface area contributed by atoms with Crippen LogP contribution in [-0.2, 0) is 11.3 Å². The third kappa shape index (κ3) is 6.97. The second-order valence-corrected chi connectivity index (χ2v) is 7.99. The number of H-pyrrole nitrogens is 1. The number of amides is 1. The van der Waals surface area contributed by atoms with Crippen LogP contribution in [0.1, 0.15) is 26.6 Å². The minimum Gasteiger partial charge on any atom is -0.497 e. The van der Waals surface area contributed by atoms with Gasteiger partial charge in [-0.2, -0.15) is 5.10 Å². The number of nitrogens with one attached hydrogen (secondary N) is 3. The fourth-order valence-corrected chi connectivity index (χ4v) is 2.84. The number of halogens is 1. The van der Waals surface area contributed by atoms with Gasteiger partial charge in [0.25, 0.3) is 0 Å². The molecule has 0 spiro atoms. The molecule has 31 heavy (non-hydrogen) atoms. The molecule has 3 rings (SSSR count). The zero-order chi connectivity index (χ0) is 21.7. The number of aromatic amines is 1. The summed E-state index contributed by atoms with van der Waals surface area (Å²) in [4.78, 5) is 22.4. The van der Waals surface area contributed by atoms with Crippen LogP contribution in [0.25, 0.3) is 11.4 Å². The summed E-state index contributed by atoms with van der Waals surface area (Å²) in [5.74, 6) is 2.72. The Bertz CT molecular complexity index is 887. The van der Waals surface area contributed by atoms with Crippen LogP contribution in [0.15, 0.2) is 29.3 Å². The molecule has 0 aliphatic carbocycles. The Balaban J connectivity index is 0.00000341. The van der Waals surface area contributed by atoms with Gasteiger partial charge in [0, 0.05) is 25.7 Å². The summed E-state index contributed by atoms with van der Waals surface area (Å²) in [5.41, 5.74) is 0.409. The van der Waals surface area contributed by atoms with E-state index in [1.807, 2.05) is 45.0 Å². The van der Waals surface area contributed by atoms with Gasteiger partial charge in [0.2, 0.25) is 0 Å². The summed E-state index contributed by atoms with van der Waals surface area (Å²) in [6.45, 7) is 7.14. The number of carbonyl (C=O) groups is 1. The third-order valence-electron chi connectivity index (χ3n) is 4.40. The van der Waals surface area contributed by atoms with Crippen molar-refractivity contribution in [3.05, 3.63) is 30.1 Å². The Labute approximate surface area is 199 Å². The van der Waals surface area contributed by atoms with Crippen molar-refractivity contribution in [2.75, 3.05) is 27.2 Å². The lowest BCUT2D eigenvalue weighted by Gasteiger charge is -2.40. The average molecular weight is 543 g/mol. The smallest absolute Gasteiger partial charge is 0.410 e. The van der Waals surface area contributed by atoms with Gasteiger partial charge in [0.1, 0.15) is 17.2 Å². The molecule has 2 heterocycles. The summed E-state index contributed by atoms with van der Waals surface area (Å²) >= 11 is 0. The molecule has 1 amide bonds. The Morgan fingerprint density at radius 2 is 1.97 bits per heavy atom. The van der Waals surface area contributed by atoms with Crippen LogP contribution in [0.5, 0.6) is 5.75 Å². The minimum atomic E-state index is -0.491. The zero-order valence-electron chi connectivity index (χ0n) is 18.4. The van der Waals surface area contributed by atoms with E-state index in [1.165, 1.54) is 0 Å². The van der Waals surface area contributed by atoms with Gasteiger partial charge in [-0.25, -0.2) is 9.78 Å². The normalized spacial score (nSPS) is 14.4. The molecule has 3 N–H and O–H groups in total. The van der Waals surface area contributed by atoms with Crippen LogP contribution in [0.3, 0.4) is 0 Å². The number of likely N-dealkylation sites (tertiary alicyclic amines) is 1. The first kappa shape index (κ1) is 24.7. The van der Waals surface area contributed by atoms with Crippen molar-refractivity contribution in [2.24, 2.45) is 4.99 Å². The molecule has 1 aromatic heterocycles. The number of nitrogens with zero attached hydrogens (tertiary/aromatic N) is 4. The first-order chi connectivity index (χ1) is 14.3. The highest BCUT2D eigenvalue weighted by molar-refractivity contribution is 14.0. The highest BCUT2D eigenvalue weighted by atomic mass is 127. The number of aromatic nitrogens is 3. The average Bonchev–Trinajstić information content (AvgIpc) is 3.14. The molecule has 1 aliphatic rings. The first-order valence-corrected chi connectivity index (χ1v) is 9.78. The van der Waals surface area contributed by atoms with E-state index in [1.54, 1.807) is 19.1 Å². The predicted octanol–water partition coefficient (Wildman–Crippen LogP) is 2.38. The lowest BCUT2D eigenvalue weighted by Crippen LogP contribution is -2.63. The third-order valence-corrected chi connectivity index (χ3v) is 4.40. The van der Waals surface area contributed by atoms with E-state index in [0.29, 0.717) is 37.2 Å². The largest absolute Gasteiger partial charge is 0.497 e. The van der Waals surface area contributed by atoms with Crippen molar-refractivity contribution in [3.8, 4) is 17.1 Å². The number of carbonyl (C=O) groups excluding carboxylic acids is 1. The van der Waals surface area contributed by atoms with E-state index in [9.17, 15) is 4.79 Å². The number of hydrogen-bond donors (Lipinski definition) is 3. The van der Waals surface area contributed by atoms with Gasteiger partial charge in [-0.1, -0.05) is 0 Å². The lowest BCUT2D eigenvalue weighted by molar-refractivity contribution is 0.00701. The van der Waals surface area contributed by atoms with Crippen LogP contribution < -0.4 is 15.4 Å². The molecule has 1 saturated heterocycles. The Morgan fingerprint density at radius 1 is 1.29 bits per heavy atom. The van der Waals surface area contributed by atoms with E-state index in [4.69, 9.17) is 9.47 Å². The topological polar surface area (TPSA) is 117 Å². The maximum absolute atomic E-state index is 12.0. The SMILES string of the molecule is CN=C(NCc1nc(-c2ccc(OC)cc2)n[nH]1)NC1CN(C(=O)OC(C)(C)C)C1.I. The van der Waals surface area contributed by atoms with Gasteiger partial charge < -0.3 is 25.0 Å². The quantitative estimate of drug-likeness (QED) is 0.301. The van der Waals surface area contributed by atoms with E-state index in [0.717, 1.165) is 11.3 Å². The Kier molecular flexibility index (Phi) is 8.48. The maximum atomic E-state index is 12.0. The molecule has 11 heteroatoms. The summed E-state index contributed by atoms with van der Waals surface area (Å²) in [6.07, 6.45) is -0.295. The van der Waals surface area contributed by atoms with Gasteiger partial charge in [-0.15, -0.1) is 24.0 Å². The van der Waals surface area contributed by atoms with Crippen molar-refractivity contribution in [1.82, 2.24) is 30.7 Å². The first-order valence-electron chi connectivity index (χ1n) is 9.78. The second kappa shape index (κ2) is 10.6. The summed E-state index contributed by atoms with van der Waals surface area (Å²) in [5, 5.41) is 13.7. The van der Waals surface area contributed by atoms with Crippen LogP contribution in [0.4, 0.5) is 4.79 Å². The van der Waals surface area contributed by atoms with Crippen molar-refractivity contribution in [2.45, 2.75) is 39.0 Å². The fraction of sp³-hybridized carbons (Fsp3) is 0.500. The van der Waals surface area contributed by atoms with Gasteiger partial charge in [-0.05, 0) is 45.0 Å². The molecule has 0 unspecified atom stereocenters.